The van der Waals surface area contributed by atoms with Gasteiger partial charge >= 0.3 is 0 Å². The zero-order chi connectivity index (χ0) is 17.3. The maximum Gasteiger partial charge on any atom is 0.142 e. The fourth-order valence-electron chi connectivity index (χ4n) is 2.34. The van der Waals surface area contributed by atoms with E-state index in [1.807, 2.05) is 6.07 Å². The van der Waals surface area contributed by atoms with E-state index in [1.54, 1.807) is 24.3 Å². The van der Waals surface area contributed by atoms with Gasteiger partial charge in [-0.1, -0.05) is 17.7 Å². The Labute approximate surface area is 141 Å². The molecular formula is C18H10ClF2N3. The Hall–Kier alpha value is -2.97. The van der Waals surface area contributed by atoms with Gasteiger partial charge in [0.25, 0.3) is 0 Å². The van der Waals surface area contributed by atoms with Gasteiger partial charge in [-0.3, -0.25) is 0 Å². The predicted octanol–water partition coefficient (Wildman–Crippen LogP) is 4.80. The van der Waals surface area contributed by atoms with Crippen LogP contribution < -0.4 is 5.73 Å². The van der Waals surface area contributed by atoms with Gasteiger partial charge in [0.2, 0.25) is 0 Å². The van der Waals surface area contributed by atoms with Crippen LogP contribution in [-0.2, 0) is 0 Å². The van der Waals surface area contributed by atoms with Gasteiger partial charge in [0.1, 0.15) is 29.1 Å². The first-order valence-corrected chi connectivity index (χ1v) is 7.29. The highest BCUT2D eigenvalue weighted by Crippen LogP contribution is 2.32. The fourth-order valence-corrected chi connectivity index (χ4v) is 2.46. The number of pyridine rings is 1. The molecule has 2 N–H and O–H groups in total. The van der Waals surface area contributed by atoms with Crippen molar-refractivity contribution in [2.75, 3.05) is 5.73 Å². The summed E-state index contributed by atoms with van der Waals surface area (Å²) < 4.78 is 26.9. The molecule has 3 rings (SSSR count). The summed E-state index contributed by atoms with van der Waals surface area (Å²) in [5.74, 6) is -0.957. The fraction of sp³-hybridized carbons (Fsp3) is 0. The Morgan fingerprint density at radius 2 is 1.67 bits per heavy atom. The van der Waals surface area contributed by atoms with E-state index in [1.165, 1.54) is 24.3 Å². The Kier molecular flexibility index (Phi) is 4.15. The number of rotatable bonds is 2. The van der Waals surface area contributed by atoms with E-state index in [9.17, 15) is 14.0 Å². The van der Waals surface area contributed by atoms with Gasteiger partial charge in [0, 0.05) is 11.1 Å². The summed E-state index contributed by atoms with van der Waals surface area (Å²) in [5, 5.41) is 9.33. The molecule has 0 aliphatic carbocycles. The van der Waals surface area contributed by atoms with Crippen molar-refractivity contribution in [3.63, 3.8) is 0 Å². The molecule has 1 aromatic heterocycles. The van der Waals surface area contributed by atoms with E-state index < -0.39 is 5.82 Å². The lowest BCUT2D eigenvalue weighted by Crippen LogP contribution is -2.00. The SMILES string of the molecule is N#Cc1c(-c2ccc(Cl)c(F)c2)cc(-c2ccc(F)cc2)nc1N. The number of aromatic nitrogens is 1. The highest BCUT2D eigenvalue weighted by molar-refractivity contribution is 6.30. The molecule has 118 valence electrons. The summed E-state index contributed by atoms with van der Waals surface area (Å²) in [6.45, 7) is 0. The zero-order valence-corrected chi connectivity index (χ0v) is 13.0. The molecule has 0 bridgehead atoms. The average Bonchev–Trinajstić information content (AvgIpc) is 2.57. The van der Waals surface area contributed by atoms with Crippen LogP contribution in [0.3, 0.4) is 0 Å². The van der Waals surface area contributed by atoms with E-state index in [4.69, 9.17) is 17.3 Å². The van der Waals surface area contributed by atoms with Gasteiger partial charge in [-0.2, -0.15) is 5.26 Å². The standard InChI is InChI=1S/C18H10ClF2N3/c19-15-6-3-11(7-16(15)21)13-8-17(24-18(23)14(13)9-22)10-1-4-12(20)5-2-10/h1-8H,(H2,23,24). The van der Waals surface area contributed by atoms with Gasteiger partial charge in [0.05, 0.1) is 10.7 Å². The van der Waals surface area contributed by atoms with Crippen molar-refractivity contribution in [2.24, 2.45) is 0 Å². The molecule has 6 heteroatoms. The van der Waals surface area contributed by atoms with Gasteiger partial charge in [-0.15, -0.1) is 0 Å². The number of nitrogens with zero attached hydrogens (tertiary/aromatic N) is 2. The molecule has 0 unspecified atom stereocenters. The number of nitriles is 1. The van der Waals surface area contributed by atoms with E-state index in [0.29, 0.717) is 22.4 Å². The summed E-state index contributed by atoms with van der Waals surface area (Å²) in [4.78, 5) is 4.18. The van der Waals surface area contributed by atoms with Crippen molar-refractivity contribution in [3.8, 4) is 28.5 Å². The Bertz CT molecular complexity index is 963. The van der Waals surface area contributed by atoms with Crippen LogP contribution in [0.5, 0.6) is 0 Å². The second-order valence-corrected chi connectivity index (χ2v) is 5.47. The van der Waals surface area contributed by atoms with E-state index >= 15 is 0 Å². The normalized spacial score (nSPS) is 10.4. The Balaban J connectivity index is 2.22. The predicted molar refractivity (Wildman–Crippen MR) is 89.2 cm³/mol. The molecule has 0 aliphatic rings. The minimum absolute atomic E-state index is 0.0157. The van der Waals surface area contributed by atoms with Crippen LogP contribution in [0.1, 0.15) is 5.56 Å². The molecule has 0 atom stereocenters. The topological polar surface area (TPSA) is 62.7 Å². The van der Waals surface area contributed by atoms with Gasteiger partial charge < -0.3 is 5.73 Å². The van der Waals surface area contributed by atoms with Crippen LogP contribution >= 0.6 is 11.6 Å². The molecular weight excluding hydrogens is 332 g/mol. The quantitative estimate of drug-likeness (QED) is 0.728. The molecule has 0 spiro atoms. The first kappa shape index (κ1) is 15.9. The van der Waals surface area contributed by atoms with Crippen molar-refractivity contribution in [2.45, 2.75) is 0 Å². The molecule has 0 saturated carbocycles. The van der Waals surface area contributed by atoms with Gasteiger partial charge in [0.15, 0.2) is 0 Å². The lowest BCUT2D eigenvalue weighted by molar-refractivity contribution is 0.628. The monoisotopic (exact) mass is 341 g/mol. The van der Waals surface area contributed by atoms with Crippen LogP contribution in [0.2, 0.25) is 5.02 Å². The first-order valence-electron chi connectivity index (χ1n) is 6.91. The van der Waals surface area contributed by atoms with Crippen LogP contribution in [0.15, 0.2) is 48.5 Å². The Morgan fingerprint density at radius 1 is 1.00 bits per heavy atom. The molecule has 0 radical (unpaired) electrons. The third kappa shape index (κ3) is 2.92. The van der Waals surface area contributed by atoms with E-state index in [2.05, 4.69) is 4.98 Å². The first-order chi connectivity index (χ1) is 11.5. The van der Waals surface area contributed by atoms with E-state index in [-0.39, 0.29) is 22.2 Å². The smallest absolute Gasteiger partial charge is 0.142 e. The minimum atomic E-state index is -0.600. The number of benzene rings is 2. The summed E-state index contributed by atoms with van der Waals surface area (Å²) >= 11 is 5.70. The summed E-state index contributed by atoms with van der Waals surface area (Å²) in [6, 6.07) is 13.5. The number of nitrogens with two attached hydrogens (primary N) is 1. The molecule has 0 fully saturated rings. The van der Waals surface area contributed by atoms with Crippen molar-refractivity contribution in [1.82, 2.24) is 4.98 Å². The minimum Gasteiger partial charge on any atom is -0.383 e. The molecule has 3 nitrogen and oxygen atoms in total. The van der Waals surface area contributed by atoms with Gasteiger partial charge in [-0.25, -0.2) is 13.8 Å². The van der Waals surface area contributed by atoms with Crippen molar-refractivity contribution >= 4 is 17.4 Å². The molecule has 1 heterocycles. The number of hydrogen-bond acceptors (Lipinski definition) is 3. The van der Waals surface area contributed by atoms with Crippen molar-refractivity contribution < 1.29 is 8.78 Å². The third-order valence-corrected chi connectivity index (χ3v) is 3.84. The maximum atomic E-state index is 13.8. The highest BCUT2D eigenvalue weighted by Gasteiger charge is 2.14. The molecule has 24 heavy (non-hydrogen) atoms. The van der Waals surface area contributed by atoms with Gasteiger partial charge in [-0.05, 0) is 48.0 Å². The number of hydrogen-bond donors (Lipinski definition) is 1. The van der Waals surface area contributed by atoms with Crippen LogP contribution in [0.4, 0.5) is 14.6 Å². The number of nitrogen functional groups attached to an aromatic ring is 1. The molecule has 0 amide bonds. The van der Waals surface area contributed by atoms with Crippen molar-refractivity contribution in [3.05, 3.63) is 70.8 Å². The summed E-state index contributed by atoms with van der Waals surface area (Å²) in [7, 11) is 0. The maximum absolute atomic E-state index is 13.8. The number of halogens is 3. The second-order valence-electron chi connectivity index (χ2n) is 5.06. The van der Waals surface area contributed by atoms with Crippen LogP contribution in [0, 0.1) is 23.0 Å². The number of anilines is 1. The zero-order valence-electron chi connectivity index (χ0n) is 12.2. The summed E-state index contributed by atoms with van der Waals surface area (Å²) in [5.41, 5.74) is 7.98. The molecule has 0 aliphatic heterocycles. The lowest BCUT2D eigenvalue weighted by atomic mass is 9.98. The third-order valence-electron chi connectivity index (χ3n) is 3.53. The largest absolute Gasteiger partial charge is 0.383 e. The van der Waals surface area contributed by atoms with Crippen LogP contribution in [0.25, 0.3) is 22.4 Å². The molecule has 3 aromatic rings. The highest BCUT2D eigenvalue weighted by atomic mass is 35.5. The van der Waals surface area contributed by atoms with Crippen molar-refractivity contribution in [1.29, 1.82) is 5.26 Å². The lowest BCUT2D eigenvalue weighted by Gasteiger charge is -2.10. The summed E-state index contributed by atoms with van der Waals surface area (Å²) in [6.07, 6.45) is 0. The molecule has 0 saturated heterocycles. The second kappa shape index (κ2) is 6.26. The Morgan fingerprint density at radius 3 is 2.29 bits per heavy atom. The van der Waals surface area contributed by atoms with E-state index in [0.717, 1.165) is 0 Å². The average molecular weight is 342 g/mol. The molecule has 2 aromatic carbocycles. The van der Waals surface area contributed by atoms with Crippen LogP contribution in [-0.4, -0.2) is 4.98 Å².